The average Bonchev–Trinajstić information content (AvgIpc) is 3.65. The number of pyridine rings is 4. The predicted molar refractivity (Wildman–Crippen MR) is 196 cm³/mol. The van der Waals surface area contributed by atoms with Gasteiger partial charge in [-0.15, -0.1) is 0 Å². The topological polar surface area (TPSA) is 51.6 Å². The van der Waals surface area contributed by atoms with Crippen molar-refractivity contribution in [1.82, 2.24) is 19.9 Å². The lowest BCUT2D eigenvalue weighted by atomic mass is 9.70. The van der Waals surface area contributed by atoms with E-state index in [0.29, 0.717) is 0 Å². The zero-order valence-electron chi connectivity index (χ0n) is 26.5. The number of hydrogen-bond acceptors (Lipinski definition) is 4. The van der Waals surface area contributed by atoms with Crippen molar-refractivity contribution in [2.24, 2.45) is 0 Å². The van der Waals surface area contributed by atoms with Gasteiger partial charge in [0.25, 0.3) is 0 Å². The molecule has 0 radical (unpaired) electrons. The van der Waals surface area contributed by atoms with Crippen molar-refractivity contribution in [3.63, 3.8) is 0 Å². The summed E-state index contributed by atoms with van der Waals surface area (Å²) < 4.78 is 0. The summed E-state index contributed by atoms with van der Waals surface area (Å²) in [7, 11) is 0. The van der Waals surface area contributed by atoms with Crippen LogP contribution in [0.3, 0.4) is 0 Å². The van der Waals surface area contributed by atoms with E-state index < -0.39 is 5.41 Å². The van der Waals surface area contributed by atoms with E-state index in [1.54, 1.807) is 12.4 Å². The van der Waals surface area contributed by atoms with Crippen molar-refractivity contribution >= 4 is 0 Å². The summed E-state index contributed by atoms with van der Waals surface area (Å²) in [6.45, 7) is 0. The molecule has 0 unspecified atom stereocenters. The molecule has 8 aromatic rings. The average molecular weight is 625 g/mol. The molecule has 228 valence electrons. The van der Waals surface area contributed by atoms with Gasteiger partial charge in [-0.2, -0.15) is 0 Å². The molecule has 1 spiro atoms. The molecule has 4 nitrogen and oxygen atoms in total. The molecular formula is C45H28N4. The number of hydrogen-bond donors (Lipinski definition) is 0. The predicted octanol–water partition coefficient (Wildman–Crippen LogP) is 10.3. The SMILES string of the molecule is c1cncc(-c2ccc(-c3ccc4c(c3)C3(c5ccccc5-c5ccccc53)c3cc(-c5ccc(-c6cccnc6)nc5)ccc3-4)cn2)c1. The van der Waals surface area contributed by atoms with Gasteiger partial charge in [0.05, 0.1) is 16.8 Å². The van der Waals surface area contributed by atoms with E-state index in [-0.39, 0.29) is 0 Å². The van der Waals surface area contributed by atoms with Crippen molar-refractivity contribution in [2.75, 3.05) is 0 Å². The van der Waals surface area contributed by atoms with E-state index in [9.17, 15) is 0 Å². The van der Waals surface area contributed by atoms with Gasteiger partial charge in [-0.3, -0.25) is 19.9 Å². The number of fused-ring (bicyclic) bond motifs is 10. The fourth-order valence-electron chi connectivity index (χ4n) is 8.00. The molecule has 0 fully saturated rings. The Kier molecular flexibility index (Phi) is 6.06. The molecule has 4 aromatic heterocycles. The largest absolute Gasteiger partial charge is 0.264 e. The minimum Gasteiger partial charge on any atom is -0.264 e. The summed E-state index contributed by atoms with van der Waals surface area (Å²) in [5.74, 6) is 0. The first kappa shape index (κ1) is 27.6. The van der Waals surface area contributed by atoms with Gasteiger partial charge in [0.1, 0.15) is 0 Å². The molecule has 4 aromatic carbocycles. The second-order valence-electron chi connectivity index (χ2n) is 12.7. The second-order valence-corrected chi connectivity index (χ2v) is 12.7. The highest BCUT2D eigenvalue weighted by atomic mass is 14.7. The van der Waals surface area contributed by atoms with E-state index in [2.05, 4.69) is 119 Å². The molecule has 0 aliphatic heterocycles. The molecular weight excluding hydrogens is 597 g/mol. The highest BCUT2D eigenvalue weighted by molar-refractivity contribution is 5.96. The van der Waals surface area contributed by atoms with Crippen LogP contribution in [0.1, 0.15) is 22.3 Å². The maximum Gasteiger partial charge on any atom is 0.0725 e. The van der Waals surface area contributed by atoms with Crippen LogP contribution in [-0.4, -0.2) is 19.9 Å². The number of rotatable bonds is 4. The third-order valence-electron chi connectivity index (χ3n) is 10.2. The van der Waals surface area contributed by atoms with Crippen molar-refractivity contribution in [1.29, 1.82) is 0 Å². The van der Waals surface area contributed by atoms with Gasteiger partial charge < -0.3 is 0 Å². The Balaban J connectivity index is 1.16. The van der Waals surface area contributed by atoms with Crippen LogP contribution in [0.4, 0.5) is 0 Å². The van der Waals surface area contributed by atoms with E-state index in [4.69, 9.17) is 9.97 Å². The van der Waals surface area contributed by atoms with Gasteiger partial charge in [0, 0.05) is 59.4 Å². The Morgan fingerprint density at radius 3 is 1.20 bits per heavy atom. The lowest BCUT2D eigenvalue weighted by molar-refractivity contribution is 0.794. The molecule has 4 heterocycles. The molecule has 0 saturated heterocycles. The van der Waals surface area contributed by atoms with Crippen LogP contribution in [-0.2, 0) is 5.41 Å². The highest BCUT2D eigenvalue weighted by Crippen LogP contribution is 2.63. The van der Waals surface area contributed by atoms with Crippen LogP contribution in [0, 0.1) is 0 Å². The first-order valence-corrected chi connectivity index (χ1v) is 16.5. The van der Waals surface area contributed by atoms with E-state index in [1.807, 2.05) is 49.1 Å². The molecule has 0 bridgehead atoms. The second kappa shape index (κ2) is 10.8. The van der Waals surface area contributed by atoms with Crippen molar-refractivity contribution in [2.45, 2.75) is 5.41 Å². The Hall–Kier alpha value is -6.52. The third-order valence-corrected chi connectivity index (χ3v) is 10.2. The zero-order valence-corrected chi connectivity index (χ0v) is 26.5. The smallest absolute Gasteiger partial charge is 0.0725 e. The van der Waals surface area contributed by atoms with Crippen molar-refractivity contribution in [3.8, 4) is 67.0 Å². The molecule has 4 heteroatoms. The first-order chi connectivity index (χ1) is 24.3. The zero-order chi connectivity index (χ0) is 32.4. The number of nitrogens with zero attached hydrogens (tertiary/aromatic N) is 4. The molecule has 0 N–H and O–H groups in total. The van der Waals surface area contributed by atoms with Crippen molar-refractivity contribution < 1.29 is 0 Å². The molecule has 0 saturated carbocycles. The summed E-state index contributed by atoms with van der Waals surface area (Å²) in [6.07, 6.45) is 11.2. The van der Waals surface area contributed by atoms with Gasteiger partial charge in [0.2, 0.25) is 0 Å². The summed E-state index contributed by atoms with van der Waals surface area (Å²) in [5.41, 5.74) is 18.2. The lowest BCUT2D eigenvalue weighted by Gasteiger charge is -2.31. The summed E-state index contributed by atoms with van der Waals surface area (Å²) in [4.78, 5) is 18.2. The standard InChI is InChI=1S/C45H28N4/c1-3-11-39-35(9-1)36-10-2-4-12-40(36)45(39)41-23-29(31-15-19-43(48-27-31)33-7-5-21-46-25-33)13-17-37(41)38-18-14-30(24-42(38)45)32-16-20-44(49-28-32)34-8-6-22-47-26-34/h1-28H. The Bertz CT molecular complexity index is 2340. The van der Waals surface area contributed by atoms with E-state index in [0.717, 1.165) is 44.8 Å². The van der Waals surface area contributed by atoms with E-state index >= 15 is 0 Å². The first-order valence-electron chi connectivity index (χ1n) is 16.5. The normalized spacial score (nSPS) is 13.1. The van der Waals surface area contributed by atoms with E-state index in [1.165, 1.54) is 44.5 Å². The van der Waals surface area contributed by atoms with Crippen LogP contribution in [0.5, 0.6) is 0 Å². The minimum absolute atomic E-state index is 0.462. The minimum atomic E-state index is -0.462. The quantitative estimate of drug-likeness (QED) is 0.196. The van der Waals surface area contributed by atoms with Gasteiger partial charge >= 0.3 is 0 Å². The fraction of sp³-hybridized carbons (Fsp3) is 0.0222. The highest BCUT2D eigenvalue weighted by Gasteiger charge is 2.51. The molecule has 10 rings (SSSR count). The molecule has 49 heavy (non-hydrogen) atoms. The summed E-state index contributed by atoms with van der Waals surface area (Å²) in [5, 5.41) is 0. The summed E-state index contributed by atoms with van der Waals surface area (Å²) >= 11 is 0. The third kappa shape index (κ3) is 4.11. The number of benzene rings is 4. The van der Waals surface area contributed by atoms with Gasteiger partial charge in [-0.1, -0.05) is 84.9 Å². The van der Waals surface area contributed by atoms with Crippen LogP contribution in [0.25, 0.3) is 67.0 Å². The maximum absolute atomic E-state index is 4.84. The van der Waals surface area contributed by atoms with Gasteiger partial charge in [-0.25, -0.2) is 0 Å². The Morgan fingerprint density at radius 2 is 0.776 bits per heavy atom. The maximum atomic E-state index is 4.84. The fourth-order valence-corrected chi connectivity index (χ4v) is 8.00. The Labute approximate surface area is 284 Å². The van der Waals surface area contributed by atoms with Gasteiger partial charge in [-0.05, 0) is 104 Å². The van der Waals surface area contributed by atoms with Crippen LogP contribution in [0.15, 0.2) is 171 Å². The summed E-state index contributed by atoms with van der Waals surface area (Å²) in [6, 6.07) is 48.2. The molecule has 0 atom stereocenters. The molecule has 2 aliphatic rings. The lowest BCUT2D eigenvalue weighted by Crippen LogP contribution is -2.26. The number of aromatic nitrogens is 4. The molecule has 2 aliphatic carbocycles. The van der Waals surface area contributed by atoms with Crippen LogP contribution >= 0.6 is 0 Å². The van der Waals surface area contributed by atoms with Crippen molar-refractivity contribution in [3.05, 3.63) is 193 Å². The van der Waals surface area contributed by atoms with Gasteiger partial charge in [0.15, 0.2) is 0 Å². The Morgan fingerprint density at radius 1 is 0.327 bits per heavy atom. The van der Waals surface area contributed by atoms with Crippen LogP contribution in [0.2, 0.25) is 0 Å². The van der Waals surface area contributed by atoms with Crippen LogP contribution < -0.4 is 0 Å². The molecule has 0 amide bonds. The monoisotopic (exact) mass is 624 g/mol.